The monoisotopic (exact) mass is 270 g/mol. The van der Waals surface area contributed by atoms with Crippen LogP contribution in [0.15, 0.2) is 9.78 Å². The molecule has 9 nitrogen and oxygen atoms in total. The van der Waals surface area contributed by atoms with Crippen LogP contribution in [-0.4, -0.2) is 36.6 Å². The van der Waals surface area contributed by atoms with Gasteiger partial charge in [0.05, 0.1) is 18.2 Å². The summed E-state index contributed by atoms with van der Waals surface area (Å²) in [5, 5.41) is 9.29. The predicted molar refractivity (Wildman–Crippen MR) is 63.7 cm³/mol. The molecule has 2 heterocycles. The number of quaternary nitrogens is 1. The highest BCUT2D eigenvalue weighted by molar-refractivity contribution is 5.98. The molecule has 2 rings (SSSR count). The van der Waals surface area contributed by atoms with E-state index in [0.29, 0.717) is 0 Å². The lowest BCUT2D eigenvalue weighted by Gasteiger charge is -2.21. The van der Waals surface area contributed by atoms with Gasteiger partial charge in [-0.3, -0.25) is 0 Å². The number of amidine groups is 1. The van der Waals surface area contributed by atoms with Crippen molar-refractivity contribution in [3.05, 3.63) is 5.69 Å². The molecule has 1 aromatic heterocycles. The molecule has 1 aromatic rings. The fourth-order valence-corrected chi connectivity index (χ4v) is 2.01. The number of hydrogen-bond acceptors (Lipinski definition) is 6. The van der Waals surface area contributed by atoms with Crippen molar-refractivity contribution < 1.29 is 24.3 Å². The summed E-state index contributed by atoms with van der Waals surface area (Å²) >= 11 is 0. The van der Waals surface area contributed by atoms with Crippen molar-refractivity contribution in [1.82, 2.24) is 5.16 Å². The van der Waals surface area contributed by atoms with Gasteiger partial charge in [-0.25, -0.2) is 4.79 Å². The molecule has 0 saturated carbocycles. The molecule has 0 aromatic carbocycles. The molecular formula is C10H18N6O3+2. The van der Waals surface area contributed by atoms with Gasteiger partial charge in [0.25, 0.3) is 0 Å². The summed E-state index contributed by atoms with van der Waals surface area (Å²) in [6.45, 7) is 2.26. The van der Waals surface area contributed by atoms with E-state index >= 15 is 0 Å². The molecule has 1 saturated heterocycles. The highest BCUT2D eigenvalue weighted by Gasteiger charge is 2.21. The predicted octanol–water partition coefficient (Wildman–Crippen LogP) is -2.70. The Kier molecular flexibility index (Phi) is 4.29. The van der Waals surface area contributed by atoms with Gasteiger partial charge in [-0.2, -0.15) is 0 Å². The molecule has 0 aliphatic carbocycles. The number of hydrogen-bond donors (Lipinski definition) is 3. The van der Waals surface area contributed by atoms with Gasteiger partial charge in [-0.15, -0.1) is 4.63 Å². The van der Waals surface area contributed by atoms with Gasteiger partial charge >= 0.3 is 17.5 Å². The maximum atomic E-state index is 11.6. The molecule has 1 aliphatic heterocycles. The number of nitrogens with one attached hydrogen (secondary N) is 2. The molecule has 0 atom stereocenters. The second-order valence-electron chi connectivity index (χ2n) is 4.47. The highest BCUT2D eigenvalue weighted by Crippen LogP contribution is 1.99. The van der Waals surface area contributed by atoms with E-state index in [4.69, 9.17) is 16.3 Å². The summed E-state index contributed by atoms with van der Waals surface area (Å²) in [6.07, 6.45) is 3.50. The molecule has 0 unspecified atom stereocenters. The van der Waals surface area contributed by atoms with Crippen LogP contribution in [0, 0.1) is 0 Å². The number of carbonyl (C=O) groups is 1. The number of carbonyl (C=O) groups excluding carboxylic acids is 1. The van der Waals surface area contributed by atoms with Crippen molar-refractivity contribution >= 4 is 17.6 Å². The lowest BCUT2D eigenvalue weighted by molar-refractivity contribution is -0.897. The summed E-state index contributed by atoms with van der Waals surface area (Å²) in [4.78, 5) is 17.5. The van der Waals surface area contributed by atoms with Gasteiger partial charge in [-0.1, -0.05) is 10.3 Å². The Labute approximate surface area is 109 Å². The van der Waals surface area contributed by atoms with E-state index in [-0.39, 0.29) is 23.9 Å². The third-order valence-corrected chi connectivity index (χ3v) is 2.99. The summed E-state index contributed by atoms with van der Waals surface area (Å²) in [7, 11) is 0. The second-order valence-corrected chi connectivity index (χ2v) is 4.47. The van der Waals surface area contributed by atoms with Crippen LogP contribution in [0.25, 0.3) is 0 Å². The van der Waals surface area contributed by atoms with E-state index in [1.54, 1.807) is 0 Å². The van der Waals surface area contributed by atoms with E-state index in [1.165, 1.54) is 11.3 Å². The number of nitrogens with two attached hydrogens (primary N) is 2. The van der Waals surface area contributed by atoms with Crippen LogP contribution < -0.4 is 21.5 Å². The summed E-state index contributed by atoms with van der Waals surface area (Å²) in [6, 6.07) is 0. The van der Waals surface area contributed by atoms with Crippen molar-refractivity contribution in [2.24, 2.45) is 10.9 Å². The first-order valence-corrected chi connectivity index (χ1v) is 6.17. The van der Waals surface area contributed by atoms with E-state index in [0.717, 1.165) is 25.9 Å². The number of aromatic nitrogens is 2. The van der Waals surface area contributed by atoms with Crippen molar-refractivity contribution in [2.75, 3.05) is 25.4 Å². The van der Waals surface area contributed by atoms with Gasteiger partial charge < -0.3 is 21.2 Å². The second kappa shape index (κ2) is 6.14. The Morgan fingerprint density at radius 2 is 2.21 bits per heavy atom. The van der Waals surface area contributed by atoms with Crippen LogP contribution in [0.5, 0.6) is 0 Å². The molecular weight excluding hydrogens is 252 g/mol. The van der Waals surface area contributed by atoms with E-state index in [9.17, 15) is 4.79 Å². The van der Waals surface area contributed by atoms with Gasteiger partial charge in [0.15, 0.2) is 6.54 Å². The van der Waals surface area contributed by atoms with Crippen LogP contribution in [-0.2, 0) is 9.63 Å². The molecule has 104 valence electrons. The standard InChI is InChI=1S/C10H16N6O3/c11-9(8-10(12)15-19-13-8)14-18-7(17)6-16-4-2-1-3-5-16/h1-6H2,(H2,11,14)(H2,12,15)/p+2. The first-order valence-electron chi connectivity index (χ1n) is 6.17. The lowest BCUT2D eigenvalue weighted by Crippen LogP contribution is -3.13. The first-order chi connectivity index (χ1) is 9.16. The quantitative estimate of drug-likeness (QED) is 0.236. The van der Waals surface area contributed by atoms with Gasteiger partial charge in [0, 0.05) is 0 Å². The lowest BCUT2D eigenvalue weighted by atomic mass is 10.1. The fourth-order valence-electron chi connectivity index (χ4n) is 2.01. The number of likely N-dealkylation sites (tertiary alicyclic amines) is 1. The van der Waals surface area contributed by atoms with Crippen molar-refractivity contribution in [3.63, 3.8) is 0 Å². The Bertz CT molecular complexity index is 466. The Hall–Kier alpha value is -2.16. The zero-order chi connectivity index (χ0) is 13.7. The summed E-state index contributed by atoms with van der Waals surface area (Å²) in [5.41, 5.74) is 11.2. The third-order valence-electron chi connectivity index (χ3n) is 2.99. The molecule has 19 heavy (non-hydrogen) atoms. The van der Waals surface area contributed by atoms with Crippen molar-refractivity contribution in [3.8, 4) is 0 Å². The molecule has 1 aliphatic rings. The van der Waals surface area contributed by atoms with E-state index in [1.807, 2.05) is 0 Å². The van der Waals surface area contributed by atoms with Crippen LogP contribution in [0.3, 0.4) is 0 Å². The van der Waals surface area contributed by atoms with E-state index < -0.39 is 5.97 Å². The molecule has 9 heteroatoms. The van der Waals surface area contributed by atoms with Gasteiger partial charge in [-0.05, 0) is 19.3 Å². The van der Waals surface area contributed by atoms with Crippen molar-refractivity contribution in [1.29, 1.82) is 0 Å². The first kappa shape index (κ1) is 13.3. The minimum absolute atomic E-state index is 0.107. The average Bonchev–Trinajstić information content (AvgIpc) is 2.83. The van der Waals surface area contributed by atoms with Crippen LogP contribution >= 0.6 is 0 Å². The fraction of sp³-hybridized carbons (Fsp3) is 0.600. The molecule has 0 amide bonds. The third kappa shape index (κ3) is 3.65. The van der Waals surface area contributed by atoms with Gasteiger partial charge in [0.2, 0.25) is 5.84 Å². The Balaban J connectivity index is 1.83. The number of rotatable bonds is 4. The zero-order valence-corrected chi connectivity index (χ0v) is 10.5. The molecule has 6 N–H and O–H groups in total. The zero-order valence-electron chi connectivity index (χ0n) is 10.5. The van der Waals surface area contributed by atoms with Crippen LogP contribution in [0.1, 0.15) is 25.0 Å². The number of oxime groups is 1. The summed E-state index contributed by atoms with van der Waals surface area (Å²) in [5.74, 6) is -0.408. The summed E-state index contributed by atoms with van der Waals surface area (Å²) < 4.78 is 4.49. The Morgan fingerprint density at radius 3 is 2.84 bits per heavy atom. The normalized spacial score (nSPS) is 17.4. The molecule has 0 spiro atoms. The Morgan fingerprint density at radius 1 is 1.47 bits per heavy atom. The minimum Gasteiger partial charge on any atom is -0.378 e. The molecule has 0 radical (unpaired) electrons. The topological polar surface area (TPSA) is 135 Å². The van der Waals surface area contributed by atoms with Crippen molar-refractivity contribution in [2.45, 2.75) is 19.3 Å². The maximum Gasteiger partial charge on any atom is 0.388 e. The molecule has 0 bridgehead atoms. The van der Waals surface area contributed by atoms with Gasteiger partial charge in [0.1, 0.15) is 0 Å². The largest absolute Gasteiger partial charge is 0.388 e. The molecule has 1 fully saturated rings. The smallest absolute Gasteiger partial charge is 0.378 e. The van der Waals surface area contributed by atoms with E-state index in [2.05, 4.69) is 20.1 Å². The SMILES string of the molecule is NC(=NOC(=O)C[NH+]1CCCCC1)c1no[nH+]c1N. The number of nitrogen functional groups attached to an aromatic ring is 1. The number of H-pyrrole nitrogens is 1. The van der Waals surface area contributed by atoms with Crippen LogP contribution in [0.2, 0.25) is 0 Å². The highest BCUT2D eigenvalue weighted by atomic mass is 16.7. The minimum atomic E-state index is -0.425. The number of piperidine rings is 1. The average molecular weight is 270 g/mol. The number of nitrogens with zero attached hydrogens (tertiary/aromatic N) is 2. The van der Waals surface area contributed by atoms with Crippen LogP contribution in [0.4, 0.5) is 5.82 Å². The maximum absolute atomic E-state index is 11.6. The number of anilines is 1. The number of aromatic amines is 1.